The minimum Gasteiger partial charge on any atom is -0.461 e. The predicted octanol–water partition coefficient (Wildman–Crippen LogP) is 3.50. The number of thiol groups is 1. The Kier molecular flexibility index (Phi) is 15.0. The number of aliphatic hydroxyl groups is 2. The number of nitrogens with zero attached hydrogens (tertiary/aromatic N) is 1. The summed E-state index contributed by atoms with van der Waals surface area (Å²) in [6, 6.07) is -0.879. The first-order valence-electron chi connectivity index (χ1n) is 15.4. The molecule has 0 aromatic rings. The topological polar surface area (TPSA) is 132 Å². The third kappa shape index (κ3) is 9.37. The van der Waals surface area contributed by atoms with Crippen LogP contribution >= 0.6 is 12.6 Å². The molecule has 2 aliphatic heterocycles. The van der Waals surface area contributed by atoms with Crippen LogP contribution in [0.15, 0.2) is 0 Å². The largest absolute Gasteiger partial charge is 0.461 e. The molecule has 0 radical (unpaired) electrons. The van der Waals surface area contributed by atoms with Crippen molar-refractivity contribution in [1.82, 2.24) is 4.90 Å². The Hall–Kier alpha value is -1.24. The summed E-state index contributed by atoms with van der Waals surface area (Å²) in [6.07, 6.45) is 5.89. The number of ketones is 1. The van der Waals surface area contributed by atoms with Gasteiger partial charge in [0.25, 0.3) is 11.7 Å². The number of likely N-dealkylation sites (tertiary alicyclic amines) is 1. The number of piperidine rings is 1. The number of Topliss-reactive ketones (excluding diaryl/α,β-unsaturated/α-hetero) is 1. The lowest BCUT2D eigenvalue weighted by Gasteiger charge is -2.41. The number of carbonyl (C=O) groups excluding carboxylic acids is 3. The smallest absolute Gasteiger partial charge is 0.329 e. The van der Waals surface area contributed by atoms with Crippen LogP contribution in [-0.4, -0.2) is 95.2 Å². The summed E-state index contributed by atoms with van der Waals surface area (Å²) in [5.41, 5.74) is -0.644. The lowest BCUT2D eigenvalue weighted by molar-refractivity contribution is -0.247. The van der Waals surface area contributed by atoms with E-state index in [2.05, 4.69) is 12.6 Å². The Balaban J connectivity index is 0.00000287. The maximum Gasteiger partial charge on any atom is 0.329 e. The summed E-state index contributed by atoms with van der Waals surface area (Å²) in [4.78, 5) is 40.9. The van der Waals surface area contributed by atoms with E-state index in [1.807, 2.05) is 27.7 Å². The number of ether oxygens (including phenoxy) is 4. The zero-order valence-electron chi connectivity index (χ0n) is 25.8. The zero-order chi connectivity index (χ0) is 30.7. The fourth-order valence-electron chi connectivity index (χ4n) is 6.09. The number of aliphatic hydroxyl groups excluding tert-OH is 1. The highest BCUT2D eigenvalue weighted by molar-refractivity contribution is 7.80. The number of carbonyl (C=O) groups is 3. The van der Waals surface area contributed by atoms with E-state index in [1.54, 1.807) is 14.0 Å². The molecule has 2 heterocycles. The van der Waals surface area contributed by atoms with Gasteiger partial charge in [0, 0.05) is 19.6 Å². The van der Waals surface area contributed by atoms with E-state index >= 15 is 0 Å². The van der Waals surface area contributed by atoms with E-state index in [4.69, 9.17) is 24.1 Å². The van der Waals surface area contributed by atoms with Gasteiger partial charge in [-0.1, -0.05) is 27.7 Å². The van der Waals surface area contributed by atoms with Crippen LogP contribution in [0.3, 0.4) is 0 Å². The molecule has 0 bridgehead atoms. The van der Waals surface area contributed by atoms with Crippen LogP contribution < -0.4 is 0 Å². The molecular formula is C30H53NO9S. The van der Waals surface area contributed by atoms with Crippen molar-refractivity contribution in [3.63, 3.8) is 0 Å². The van der Waals surface area contributed by atoms with Gasteiger partial charge in [0.2, 0.25) is 5.79 Å². The SMILES string of the molecule is CC.COC1CC(CC(C)C(C)OC(=O)C2CCCCN2C(=O)C(=O)C2(O)OC(S)CCC2C)CCC1OCCO. The normalized spacial score (nSPS) is 33.6. The maximum absolute atomic E-state index is 13.3. The fraction of sp³-hybridized carbons (Fsp3) is 0.900. The molecule has 1 amide bonds. The standard InChI is InChI=1S/C28H47NO9S.C2H6/c1-17(15-20-9-10-22(36-14-13-30)23(16-20)35-4)19(3)37-27(33)21-7-5-6-12-29(21)26(32)25(31)28(34)18(2)8-11-24(39)38-28;1-2/h17-24,30,34,39H,5-16H2,1-4H3;1-2H3. The van der Waals surface area contributed by atoms with Crippen molar-refractivity contribution >= 4 is 30.3 Å². The third-order valence-electron chi connectivity index (χ3n) is 8.76. The van der Waals surface area contributed by atoms with Gasteiger partial charge >= 0.3 is 5.97 Å². The van der Waals surface area contributed by atoms with Crippen LogP contribution in [0.4, 0.5) is 0 Å². The Bertz CT molecular complexity index is 845. The summed E-state index contributed by atoms with van der Waals surface area (Å²) in [5.74, 6) is -4.85. The van der Waals surface area contributed by atoms with Crippen molar-refractivity contribution in [2.45, 2.75) is 128 Å². The second-order valence-corrected chi connectivity index (χ2v) is 12.1. The minimum atomic E-state index is -2.25. The van der Waals surface area contributed by atoms with Crippen LogP contribution in [0.2, 0.25) is 0 Å². The summed E-state index contributed by atoms with van der Waals surface area (Å²) in [5, 5.41) is 20.0. The Labute approximate surface area is 251 Å². The van der Waals surface area contributed by atoms with E-state index in [1.165, 1.54) is 4.90 Å². The number of amides is 1. The number of esters is 1. The Morgan fingerprint density at radius 3 is 2.44 bits per heavy atom. The first-order chi connectivity index (χ1) is 19.5. The molecule has 238 valence electrons. The molecule has 3 rings (SSSR count). The number of methoxy groups -OCH3 is 1. The average molecular weight is 604 g/mol. The first kappa shape index (κ1) is 36.0. The lowest BCUT2D eigenvalue weighted by atomic mass is 9.79. The third-order valence-corrected chi connectivity index (χ3v) is 9.12. The molecule has 9 atom stereocenters. The molecule has 2 N–H and O–H groups in total. The van der Waals surface area contributed by atoms with Gasteiger partial charge in [-0.2, -0.15) is 0 Å². The van der Waals surface area contributed by atoms with E-state index in [0.29, 0.717) is 38.2 Å². The quantitative estimate of drug-likeness (QED) is 0.184. The number of hydrogen-bond donors (Lipinski definition) is 3. The monoisotopic (exact) mass is 603 g/mol. The Morgan fingerprint density at radius 1 is 1.07 bits per heavy atom. The molecule has 1 saturated carbocycles. The highest BCUT2D eigenvalue weighted by atomic mass is 32.1. The molecule has 1 aliphatic carbocycles. The van der Waals surface area contributed by atoms with Crippen molar-refractivity contribution < 1.29 is 43.5 Å². The van der Waals surface area contributed by atoms with Crippen molar-refractivity contribution in [3.05, 3.63) is 0 Å². The fourth-order valence-corrected chi connectivity index (χ4v) is 6.40. The van der Waals surface area contributed by atoms with Crippen LogP contribution in [-0.2, 0) is 33.3 Å². The molecule has 10 nitrogen and oxygen atoms in total. The van der Waals surface area contributed by atoms with Crippen LogP contribution in [0.25, 0.3) is 0 Å². The predicted molar refractivity (Wildman–Crippen MR) is 157 cm³/mol. The average Bonchev–Trinajstić information content (AvgIpc) is 2.98. The minimum absolute atomic E-state index is 0.0155. The summed E-state index contributed by atoms with van der Waals surface area (Å²) < 4.78 is 22.7. The van der Waals surface area contributed by atoms with E-state index < -0.39 is 40.8 Å². The summed E-state index contributed by atoms with van der Waals surface area (Å²) >= 11 is 4.23. The summed E-state index contributed by atoms with van der Waals surface area (Å²) in [6.45, 7) is 10.1. The van der Waals surface area contributed by atoms with Gasteiger partial charge in [0.05, 0.1) is 25.4 Å². The second-order valence-electron chi connectivity index (χ2n) is 11.5. The summed E-state index contributed by atoms with van der Waals surface area (Å²) in [7, 11) is 1.68. The van der Waals surface area contributed by atoms with Gasteiger partial charge in [-0.15, -0.1) is 12.6 Å². The molecule has 3 aliphatic rings. The molecule has 3 fully saturated rings. The molecule has 9 unspecified atom stereocenters. The number of hydrogen-bond acceptors (Lipinski definition) is 10. The molecule has 2 saturated heterocycles. The highest BCUT2D eigenvalue weighted by Crippen LogP contribution is 2.36. The van der Waals surface area contributed by atoms with Crippen molar-refractivity contribution in [1.29, 1.82) is 0 Å². The molecule has 0 spiro atoms. The zero-order valence-corrected chi connectivity index (χ0v) is 26.6. The van der Waals surface area contributed by atoms with Gasteiger partial charge in [0.1, 0.15) is 17.6 Å². The van der Waals surface area contributed by atoms with Crippen LogP contribution in [0, 0.1) is 17.8 Å². The van der Waals surface area contributed by atoms with E-state index in [-0.39, 0.29) is 37.4 Å². The van der Waals surface area contributed by atoms with Crippen molar-refractivity contribution in [3.8, 4) is 0 Å². The van der Waals surface area contributed by atoms with E-state index in [0.717, 1.165) is 32.1 Å². The number of rotatable bonds is 11. The van der Waals surface area contributed by atoms with Gasteiger partial charge in [0.15, 0.2) is 0 Å². The molecule has 11 heteroatoms. The molecular weight excluding hydrogens is 550 g/mol. The van der Waals surface area contributed by atoms with Gasteiger partial charge < -0.3 is 34.1 Å². The molecule has 41 heavy (non-hydrogen) atoms. The van der Waals surface area contributed by atoms with Crippen LogP contribution in [0.5, 0.6) is 0 Å². The van der Waals surface area contributed by atoms with Gasteiger partial charge in [-0.25, -0.2) is 4.79 Å². The Morgan fingerprint density at radius 2 is 1.78 bits per heavy atom. The first-order valence-corrected chi connectivity index (χ1v) is 15.9. The lowest BCUT2D eigenvalue weighted by Crippen LogP contribution is -2.60. The van der Waals surface area contributed by atoms with E-state index in [9.17, 15) is 19.5 Å². The van der Waals surface area contributed by atoms with Gasteiger partial charge in [-0.05, 0) is 76.5 Å². The molecule has 0 aromatic carbocycles. The highest BCUT2D eigenvalue weighted by Gasteiger charge is 2.52. The van der Waals surface area contributed by atoms with Crippen molar-refractivity contribution in [2.24, 2.45) is 17.8 Å². The van der Waals surface area contributed by atoms with Crippen molar-refractivity contribution in [2.75, 3.05) is 26.9 Å². The maximum atomic E-state index is 13.3. The van der Waals surface area contributed by atoms with Crippen LogP contribution in [0.1, 0.15) is 92.4 Å². The van der Waals surface area contributed by atoms with Gasteiger partial charge in [-0.3, -0.25) is 9.59 Å². The molecule has 0 aromatic heterocycles. The second kappa shape index (κ2) is 17.2.